The summed E-state index contributed by atoms with van der Waals surface area (Å²) in [5.74, 6) is 0.0499. The smallest absolute Gasteiger partial charge is 0.421 e. The summed E-state index contributed by atoms with van der Waals surface area (Å²) in [5.41, 5.74) is -2.37. The average Bonchev–Trinajstić information content (AvgIpc) is 2.35. The number of hydrogen-bond donors (Lipinski definition) is 1. The van der Waals surface area contributed by atoms with Crippen molar-refractivity contribution in [3.63, 3.8) is 0 Å². The molecule has 1 aromatic rings. The summed E-state index contributed by atoms with van der Waals surface area (Å²) in [7, 11) is 1.29. The van der Waals surface area contributed by atoms with Gasteiger partial charge in [0.1, 0.15) is 5.75 Å². The van der Waals surface area contributed by atoms with Gasteiger partial charge in [-0.25, -0.2) is 0 Å². The minimum absolute atomic E-state index is 0.0499. The Kier molecular flexibility index (Phi) is 4.27. The van der Waals surface area contributed by atoms with Crippen LogP contribution in [-0.2, 0) is 12.0 Å². The van der Waals surface area contributed by atoms with Gasteiger partial charge < -0.3 is 9.84 Å². The van der Waals surface area contributed by atoms with E-state index < -0.39 is 18.2 Å². The Morgan fingerprint density at radius 3 is 2.22 bits per heavy atom. The van der Waals surface area contributed by atoms with Crippen LogP contribution in [0.4, 0.5) is 13.2 Å². The first-order valence-corrected chi connectivity index (χ1v) is 5.76. The van der Waals surface area contributed by atoms with Crippen molar-refractivity contribution in [2.45, 2.75) is 38.5 Å². The van der Waals surface area contributed by atoms with Crippen LogP contribution in [0.3, 0.4) is 0 Å². The number of aliphatic hydroxyl groups is 1. The molecule has 0 aliphatic rings. The van der Waals surface area contributed by atoms with Gasteiger partial charge in [0.2, 0.25) is 0 Å². The Labute approximate surface area is 104 Å². The van der Waals surface area contributed by atoms with Gasteiger partial charge in [-0.2, -0.15) is 13.2 Å². The minimum atomic E-state index is -4.73. The minimum Gasteiger partial charge on any atom is -0.496 e. The van der Waals surface area contributed by atoms with Crippen molar-refractivity contribution >= 4 is 0 Å². The molecular formula is C13H17F3O2. The van der Waals surface area contributed by atoms with Crippen LogP contribution in [-0.4, -0.2) is 18.4 Å². The first kappa shape index (κ1) is 14.8. The maximum Gasteiger partial charge on any atom is 0.421 e. The molecule has 0 saturated carbocycles. The predicted molar refractivity (Wildman–Crippen MR) is 62.6 cm³/mol. The van der Waals surface area contributed by atoms with E-state index in [1.165, 1.54) is 26.2 Å². The quantitative estimate of drug-likeness (QED) is 0.901. The summed E-state index contributed by atoms with van der Waals surface area (Å²) in [5, 5.41) is 9.95. The molecule has 0 saturated heterocycles. The third-order valence-electron chi connectivity index (χ3n) is 3.10. The standard InChI is InChI=1S/C13H17F3O2/c1-4-9-6-7-11(18-3)10(8-9)12(17,5-2)13(14,15)16/h6-8,17H,4-5H2,1-3H3. The number of hydrogen-bond acceptors (Lipinski definition) is 2. The third-order valence-corrected chi connectivity index (χ3v) is 3.10. The van der Waals surface area contributed by atoms with Crippen molar-refractivity contribution < 1.29 is 23.0 Å². The second-order valence-corrected chi connectivity index (χ2v) is 4.10. The summed E-state index contributed by atoms with van der Waals surface area (Å²) in [4.78, 5) is 0. The molecule has 0 aliphatic heterocycles. The molecule has 2 nitrogen and oxygen atoms in total. The zero-order valence-corrected chi connectivity index (χ0v) is 10.6. The number of methoxy groups -OCH3 is 1. The topological polar surface area (TPSA) is 29.5 Å². The summed E-state index contributed by atoms with van der Waals surface area (Å²) >= 11 is 0. The number of halogens is 3. The highest BCUT2D eigenvalue weighted by Crippen LogP contribution is 2.45. The van der Waals surface area contributed by atoms with Gasteiger partial charge in [0.25, 0.3) is 0 Å². The SMILES string of the molecule is CCc1ccc(OC)c(C(O)(CC)C(F)(F)F)c1. The van der Waals surface area contributed by atoms with Crippen molar-refractivity contribution in [1.29, 1.82) is 0 Å². The Hall–Kier alpha value is -1.23. The van der Waals surface area contributed by atoms with E-state index in [9.17, 15) is 18.3 Å². The molecule has 0 amide bonds. The van der Waals surface area contributed by atoms with Gasteiger partial charge in [-0.3, -0.25) is 0 Å². The van der Waals surface area contributed by atoms with Crippen LogP contribution in [0, 0.1) is 0 Å². The molecular weight excluding hydrogens is 245 g/mol. The number of alkyl halides is 3. The van der Waals surface area contributed by atoms with E-state index in [-0.39, 0.29) is 11.3 Å². The van der Waals surface area contributed by atoms with Gasteiger partial charge in [0.15, 0.2) is 5.60 Å². The van der Waals surface area contributed by atoms with Gasteiger partial charge in [-0.15, -0.1) is 0 Å². The summed E-state index contributed by atoms with van der Waals surface area (Å²) < 4.78 is 44.0. The highest BCUT2D eigenvalue weighted by Gasteiger charge is 2.54. The van der Waals surface area contributed by atoms with Gasteiger partial charge in [-0.1, -0.05) is 19.9 Å². The molecule has 0 fully saturated rings. The van der Waals surface area contributed by atoms with E-state index in [2.05, 4.69) is 0 Å². The average molecular weight is 262 g/mol. The number of rotatable bonds is 4. The van der Waals surface area contributed by atoms with Crippen LogP contribution in [0.5, 0.6) is 5.75 Å². The van der Waals surface area contributed by atoms with E-state index in [1.807, 2.05) is 6.92 Å². The normalized spacial score (nSPS) is 15.3. The lowest BCUT2D eigenvalue weighted by Gasteiger charge is -2.31. The van der Waals surface area contributed by atoms with Crippen molar-refractivity contribution in [1.82, 2.24) is 0 Å². The molecule has 18 heavy (non-hydrogen) atoms. The number of benzene rings is 1. The maximum atomic E-state index is 13.0. The lowest BCUT2D eigenvalue weighted by atomic mass is 9.88. The van der Waals surface area contributed by atoms with Crippen LogP contribution in [0.1, 0.15) is 31.4 Å². The van der Waals surface area contributed by atoms with E-state index >= 15 is 0 Å². The molecule has 0 bridgehead atoms. The molecule has 0 spiro atoms. The molecule has 1 aromatic carbocycles. The van der Waals surface area contributed by atoms with Gasteiger partial charge in [0.05, 0.1) is 7.11 Å². The Balaban J connectivity index is 3.44. The number of aryl methyl sites for hydroxylation is 1. The van der Waals surface area contributed by atoms with Crippen LogP contribution in [0.15, 0.2) is 18.2 Å². The van der Waals surface area contributed by atoms with Gasteiger partial charge >= 0.3 is 6.18 Å². The zero-order chi connectivity index (χ0) is 14.0. The van der Waals surface area contributed by atoms with Crippen molar-refractivity contribution in [2.75, 3.05) is 7.11 Å². The third kappa shape index (κ3) is 2.46. The molecule has 1 atom stereocenters. The van der Waals surface area contributed by atoms with Crippen molar-refractivity contribution in [3.05, 3.63) is 29.3 Å². The van der Waals surface area contributed by atoms with Crippen LogP contribution < -0.4 is 4.74 Å². The molecule has 1 N–H and O–H groups in total. The molecule has 1 rings (SSSR count). The fraction of sp³-hybridized carbons (Fsp3) is 0.538. The zero-order valence-electron chi connectivity index (χ0n) is 10.6. The van der Waals surface area contributed by atoms with Crippen molar-refractivity contribution in [3.8, 4) is 5.75 Å². The lowest BCUT2D eigenvalue weighted by Crippen LogP contribution is -2.42. The Morgan fingerprint density at radius 2 is 1.83 bits per heavy atom. The van der Waals surface area contributed by atoms with E-state index in [4.69, 9.17) is 4.74 Å². The van der Waals surface area contributed by atoms with Gasteiger partial charge in [0, 0.05) is 5.56 Å². The second kappa shape index (κ2) is 5.18. The maximum absolute atomic E-state index is 13.0. The molecule has 0 radical (unpaired) electrons. The van der Waals surface area contributed by atoms with Gasteiger partial charge in [-0.05, 0) is 30.5 Å². The monoisotopic (exact) mass is 262 g/mol. The van der Waals surface area contributed by atoms with E-state index in [0.29, 0.717) is 6.42 Å². The summed E-state index contributed by atoms with van der Waals surface area (Å²) in [6.07, 6.45) is -4.60. The first-order chi connectivity index (χ1) is 8.30. The summed E-state index contributed by atoms with van der Waals surface area (Å²) in [6, 6.07) is 4.51. The molecule has 0 aliphatic carbocycles. The molecule has 0 aromatic heterocycles. The second-order valence-electron chi connectivity index (χ2n) is 4.10. The molecule has 1 unspecified atom stereocenters. The van der Waals surface area contributed by atoms with Crippen LogP contribution in [0.25, 0.3) is 0 Å². The van der Waals surface area contributed by atoms with E-state index in [1.54, 1.807) is 6.07 Å². The van der Waals surface area contributed by atoms with Crippen LogP contribution >= 0.6 is 0 Å². The summed E-state index contributed by atoms with van der Waals surface area (Å²) in [6.45, 7) is 3.13. The fourth-order valence-electron chi connectivity index (χ4n) is 1.84. The molecule has 5 heteroatoms. The first-order valence-electron chi connectivity index (χ1n) is 5.76. The lowest BCUT2D eigenvalue weighted by molar-refractivity contribution is -0.268. The molecule has 102 valence electrons. The van der Waals surface area contributed by atoms with E-state index in [0.717, 1.165) is 5.56 Å². The Bertz CT molecular complexity index is 415. The fourth-order valence-corrected chi connectivity index (χ4v) is 1.84. The molecule has 0 heterocycles. The van der Waals surface area contributed by atoms with Crippen molar-refractivity contribution in [2.24, 2.45) is 0 Å². The Morgan fingerprint density at radius 1 is 1.22 bits per heavy atom. The number of ether oxygens (including phenoxy) is 1. The highest BCUT2D eigenvalue weighted by molar-refractivity contribution is 5.42. The highest BCUT2D eigenvalue weighted by atomic mass is 19.4. The van der Waals surface area contributed by atoms with Crippen LogP contribution in [0.2, 0.25) is 0 Å². The largest absolute Gasteiger partial charge is 0.496 e. The predicted octanol–water partition coefficient (Wildman–Crippen LogP) is 3.42.